The predicted octanol–water partition coefficient (Wildman–Crippen LogP) is 2.36. The van der Waals surface area contributed by atoms with Gasteiger partial charge in [-0.15, -0.1) is 12.4 Å². The lowest BCUT2D eigenvalue weighted by atomic mass is 10.0. The smallest absolute Gasteiger partial charge is 0.269 e. The van der Waals surface area contributed by atoms with Crippen molar-refractivity contribution in [3.05, 3.63) is 42.1 Å². The number of nitrogens with two attached hydrogens (primary N) is 1. The monoisotopic (exact) mass is 320 g/mol. The van der Waals surface area contributed by atoms with E-state index in [-0.39, 0.29) is 24.4 Å². The van der Waals surface area contributed by atoms with Gasteiger partial charge in [-0.2, -0.15) is 5.10 Å². The number of carbonyl (C=O) groups is 1. The summed E-state index contributed by atoms with van der Waals surface area (Å²) in [6.07, 6.45) is 3.23. The first kappa shape index (κ1) is 16.5. The minimum Gasteiger partial charge on any atom is -0.348 e. The molecule has 3 rings (SSSR count). The van der Waals surface area contributed by atoms with Gasteiger partial charge in [-0.05, 0) is 31.4 Å². The molecular formula is C16H21ClN4O. The highest BCUT2D eigenvalue weighted by molar-refractivity contribution is 5.93. The SMILES string of the molecule is Cl.NCC1CCCC1NC(=O)c1cc(-c2ccccc2)n[nH]1. The van der Waals surface area contributed by atoms with Crippen molar-refractivity contribution in [3.63, 3.8) is 0 Å². The van der Waals surface area contributed by atoms with Crippen LogP contribution in [-0.4, -0.2) is 28.7 Å². The van der Waals surface area contributed by atoms with Gasteiger partial charge in [0, 0.05) is 11.6 Å². The van der Waals surface area contributed by atoms with E-state index in [1.807, 2.05) is 30.3 Å². The molecule has 0 spiro atoms. The van der Waals surface area contributed by atoms with Crippen LogP contribution in [0.15, 0.2) is 36.4 Å². The van der Waals surface area contributed by atoms with Crippen LogP contribution < -0.4 is 11.1 Å². The van der Waals surface area contributed by atoms with E-state index in [9.17, 15) is 4.79 Å². The molecule has 2 aromatic rings. The van der Waals surface area contributed by atoms with Crippen molar-refractivity contribution in [1.82, 2.24) is 15.5 Å². The molecule has 5 nitrogen and oxygen atoms in total. The topological polar surface area (TPSA) is 83.8 Å². The van der Waals surface area contributed by atoms with Gasteiger partial charge in [0.2, 0.25) is 0 Å². The van der Waals surface area contributed by atoms with Crippen molar-refractivity contribution < 1.29 is 4.79 Å². The molecule has 1 saturated carbocycles. The molecule has 1 amide bonds. The van der Waals surface area contributed by atoms with Crippen molar-refractivity contribution in [1.29, 1.82) is 0 Å². The number of nitrogens with zero attached hydrogens (tertiary/aromatic N) is 1. The molecule has 1 fully saturated rings. The van der Waals surface area contributed by atoms with E-state index >= 15 is 0 Å². The van der Waals surface area contributed by atoms with E-state index < -0.39 is 0 Å². The van der Waals surface area contributed by atoms with E-state index in [4.69, 9.17) is 5.73 Å². The molecule has 118 valence electrons. The number of benzene rings is 1. The fraction of sp³-hybridized carbons (Fsp3) is 0.375. The van der Waals surface area contributed by atoms with Crippen molar-refractivity contribution in [2.45, 2.75) is 25.3 Å². The van der Waals surface area contributed by atoms with Crippen LogP contribution in [0.25, 0.3) is 11.3 Å². The molecule has 1 aromatic carbocycles. The van der Waals surface area contributed by atoms with Crippen LogP contribution in [0.3, 0.4) is 0 Å². The molecular weight excluding hydrogens is 300 g/mol. The second kappa shape index (κ2) is 7.42. The zero-order valence-corrected chi connectivity index (χ0v) is 13.1. The number of aromatic nitrogens is 2. The fourth-order valence-electron chi connectivity index (χ4n) is 2.95. The number of halogens is 1. The van der Waals surface area contributed by atoms with Gasteiger partial charge in [-0.3, -0.25) is 9.89 Å². The van der Waals surface area contributed by atoms with E-state index in [0.717, 1.165) is 30.5 Å². The molecule has 6 heteroatoms. The van der Waals surface area contributed by atoms with E-state index in [2.05, 4.69) is 15.5 Å². The molecule has 0 aliphatic heterocycles. The molecule has 1 heterocycles. The molecule has 1 aliphatic rings. The van der Waals surface area contributed by atoms with E-state index in [1.165, 1.54) is 0 Å². The standard InChI is InChI=1S/C16H20N4O.ClH/c17-10-12-7-4-8-13(12)18-16(21)15-9-14(19-20-15)11-5-2-1-3-6-11;/h1-3,5-6,9,12-13H,4,7-8,10,17H2,(H,18,21)(H,19,20);1H. The summed E-state index contributed by atoms with van der Waals surface area (Å²) in [7, 11) is 0. The molecule has 1 aromatic heterocycles. The number of carbonyl (C=O) groups excluding carboxylic acids is 1. The van der Waals surface area contributed by atoms with Gasteiger partial charge in [0.25, 0.3) is 5.91 Å². The van der Waals surface area contributed by atoms with E-state index in [1.54, 1.807) is 6.07 Å². The van der Waals surface area contributed by atoms with Gasteiger partial charge in [0.1, 0.15) is 5.69 Å². The largest absolute Gasteiger partial charge is 0.348 e. The molecule has 1 aliphatic carbocycles. The Labute approximate surface area is 136 Å². The Morgan fingerprint density at radius 3 is 2.82 bits per heavy atom. The summed E-state index contributed by atoms with van der Waals surface area (Å²) in [6, 6.07) is 11.8. The molecule has 2 atom stereocenters. The average molecular weight is 321 g/mol. The van der Waals surface area contributed by atoms with Gasteiger partial charge in [-0.25, -0.2) is 0 Å². The fourth-order valence-corrected chi connectivity index (χ4v) is 2.95. The lowest BCUT2D eigenvalue weighted by Gasteiger charge is -2.18. The van der Waals surface area contributed by atoms with Gasteiger partial charge in [0.15, 0.2) is 0 Å². The highest BCUT2D eigenvalue weighted by Gasteiger charge is 2.28. The van der Waals surface area contributed by atoms with Crippen LogP contribution in [-0.2, 0) is 0 Å². The quantitative estimate of drug-likeness (QED) is 0.808. The number of hydrogen-bond acceptors (Lipinski definition) is 3. The highest BCUT2D eigenvalue weighted by atomic mass is 35.5. The summed E-state index contributed by atoms with van der Waals surface area (Å²) in [5, 5.41) is 10.1. The number of H-pyrrole nitrogens is 1. The first-order valence-electron chi connectivity index (χ1n) is 7.39. The van der Waals surface area contributed by atoms with Crippen LogP contribution in [0.2, 0.25) is 0 Å². The lowest BCUT2D eigenvalue weighted by Crippen LogP contribution is -2.40. The summed E-state index contributed by atoms with van der Waals surface area (Å²) < 4.78 is 0. The van der Waals surface area contributed by atoms with Crippen LogP contribution in [0, 0.1) is 5.92 Å². The Morgan fingerprint density at radius 2 is 2.09 bits per heavy atom. The Hall–Kier alpha value is -1.85. The lowest BCUT2D eigenvalue weighted by molar-refractivity contribution is 0.0923. The second-order valence-corrected chi connectivity index (χ2v) is 5.54. The first-order chi connectivity index (χ1) is 10.3. The van der Waals surface area contributed by atoms with E-state index in [0.29, 0.717) is 18.2 Å². The maximum Gasteiger partial charge on any atom is 0.269 e. The average Bonchev–Trinajstić information content (AvgIpc) is 3.17. The first-order valence-corrected chi connectivity index (χ1v) is 7.39. The van der Waals surface area contributed by atoms with Crippen molar-refractivity contribution >= 4 is 18.3 Å². The third-order valence-electron chi connectivity index (χ3n) is 4.17. The predicted molar refractivity (Wildman–Crippen MR) is 88.9 cm³/mol. The molecule has 2 unspecified atom stereocenters. The van der Waals surface area contributed by atoms with Crippen LogP contribution >= 0.6 is 12.4 Å². The Morgan fingerprint density at radius 1 is 1.32 bits per heavy atom. The summed E-state index contributed by atoms with van der Waals surface area (Å²) in [4.78, 5) is 12.3. The second-order valence-electron chi connectivity index (χ2n) is 5.54. The van der Waals surface area contributed by atoms with Crippen molar-refractivity contribution in [2.75, 3.05) is 6.54 Å². The van der Waals surface area contributed by atoms with Crippen LogP contribution in [0.5, 0.6) is 0 Å². The maximum atomic E-state index is 12.3. The van der Waals surface area contributed by atoms with Crippen LogP contribution in [0.4, 0.5) is 0 Å². The van der Waals surface area contributed by atoms with Gasteiger partial charge in [-0.1, -0.05) is 36.8 Å². The number of aromatic amines is 1. The van der Waals surface area contributed by atoms with Crippen LogP contribution in [0.1, 0.15) is 29.8 Å². The van der Waals surface area contributed by atoms with Gasteiger partial charge in [0.05, 0.1) is 5.69 Å². The third kappa shape index (κ3) is 3.48. The van der Waals surface area contributed by atoms with Crippen molar-refractivity contribution in [3.8, 4) is 11.3 Å². The molecule has 4 N–H and O–H groups in total. The number of amides is 1. The summed E-state index contributed by atoms with van der Waals surface area (Å²) >= 11 is 0. The zero-order valence-electron chi connectivity index (χ0n) is 12.3. The highest BCUT2D eigenvalue weighted by Crippen LogP contribution is 2.25. The molecule has 0 saturated heterocycles. The summed E-state index contributed by atoms with van der Waals surface area (Å²) in [5.41, 5.74) is 8.02. The summed E-state index contributed by atoms with van der Waals surface area (Å²) in [6.45, 7) is 0.628. The van der Waals surface area contributed by atoms with Gasteiger partial charge >= 0.3 is 0 Å². The maximum absolute atomic E-state index is 12.3. The Balaban J connectivity index is 0.00000176. The zero-order chi connectivity index (χ0) is 14.7. The molecule has 0 radical (unpaired) electrons. The number of rotatable bonds is 4. The molecule has 0 bridgehead atoms. The molecule has 22 heavy (non-hydrogen) atoms. The minimum absolute atomic E-state index is 0. The summed E-state index contributed by atoms with van der Waals surface area (Å²) in [5.74, 6) is 0.292. The minimum atomic E-state index is -0.102. The normalized spacial score (nSPS) is 20.4. The number of hydrogen-bond donors (Lipinski definition) is 3. The Bertz CT molecular complexity index is 614. The van der Waals surface area contributed by atoms with Crippen molar-refractivity contribution in [2.24, 2.45) is 11.7 Å². The third-order valence-corrected chi connectivity index (χ3v) is 4.17. The number of nitrogens with one attached hydrogen (secondary N) is 2. The van der Waals surface area contributed by atoms with Gasteiger partial charge < -0.3 is 11.1 Å². The Kier molecular flexibility index (Phi) is 5.57.